The van der Waals surface area contributed by atoms with Crippen LogP contribution < -0.4 is 5.32 Å². The van der Waals surface area contributed by atoms with Gasteiger partial charge in [0, 0.05) is 12.2 Å². The van der Waals surface area contributed by atoms with Gasteiger partial charge >= 0.3 is 0 Å². The van der Waals surface area contributed by atoms with Gasteiger partial charge in [-0.2, -0.15) is 0 Å². The van der Waals surface area contributed by atoms with Gasteiger partial charge in [-0.15, -0.1) is 0 Å². The molecule has 0 radical (unpaired) electrons. The fourth-order valence-electron chi connectivity index (χ4n) is 7.16. The van der Waals surface area contributed by atoms with Crippen molar-refractivity contribution in [2.45, 2.75) is 65.3 Å². The molecule has 6 unspecified atom stereocenters. The van der Waals surface area contributed by atoms with Crippen molar-refractivity contribution in [1.82, 2.24) is 5.32 Å². The van der Waals surface area contributed by atoms with Gasteiger partial charge in [-0.1, -0.05) is 32.1 Å². The largest absolute Gasteiger partial charge is 0.313 e. The lowest BCUT2D eigenvalue weighted by Gasteiger charge is -2.57. The van der Waals surface area contributed by atoms with E-state index in [0.29, 0.717) is 10.8 Å². The van der Waals surface area contributed by atoms with Crippen LogP contribution >= 0.6 is 0 Å². The van der Waals surface area contributed by atoms with Crippen LogP contribution in [0.15, 0.2) is 40.6 Å². The second-order valence-corrected chi connectivity index (χ2v) is 9.29. The molecule has 0 spiro atoms. The number of hydrogen-bond acceptors (Lipinski definition) is 2. The monoisotopic (exact) mass is 338 g/mol. The number of nitrogens with zero attached hydrogens (tertiary/aromatic N) is 1. The molecule has 4 rings (SSSR count). The number of fused-ring (bicyclic) bond motifs is 5. The Morgan fingerprint density at radius 3 is 2.84 bits per heavy atom. The first-order valence-electron chi connectivity index (χ1n) is 10.3. The lowest BCUT2D eigenvalue weighted by molar-refractivity contribution is -0.0519. The highest BCUT2D eigenvalue weighted by molar-refractivity contribution is 5.48. The summed E-state index contributed by atoms with van der Waals surface area (Å²) in [6.45, 7) is 12.2. The molecule has 2 heteroatoms. The highest BCUT2D eigenvalue weighted by Gasteiger charge is 2.58. The Hall–Kier alpha value is -1.15. The zero-order valence-corrected chi connectivity index (χ0v) is 16.2. The maximum Gasteiger partial charge on any atom is 0.0335 e. The van der Waals surface area contributed by atoms with Crippen molar-refractivity contribution < 1.29 is 0 Å². The fraction of sp³-hybridized carbons (Fsp3) is 0.696. The Morgan fingerprint density at radius 1 is 1.24 bits per heavy atom. The average molecular weight is 339 g/mol. The highest BCUT2D eigenvalue weighted by atomic mass is 15.0. The highest BCUT2D eigenvalue weighted by Crippen LogP contribution is 2.65. The zero-order valence-electron chi connectivity index (χ0n) is 16.2. The number of nitrogens with one attached hydrogen (secondary N) is 1. The molecule has 0 bridgehead atoms. The van der Waals surface area contributed by atoms with Gasteiger partial charge in [-0.25, -0.2) is 0 Å². The molecule has 6 atom stereocenters. The van der Waals surface area contributed by atoms with Gasteiger partial charge in [0.05, 0.1) is 0 Å². The first-order chi connectivity index (χ1) is 12.0. The summed E-state index contributed by atoms with van der Waals surface area (Å²) in [4.78, 5) is 4.09. The first kappa shape index (κ1) is 17.3. The standard InChI is InChI=1S/C23H34N2/c1-5-6-16(15-24-4)18-8-9-19-17-7-10-21-23(3,13-14-25-21)20(17)11-12-22(18,19)2/h5-6,8,15,17,19-21,25H,4,7,9-14H2,1-3H3. The van der Waals surface area contributed by atoms with E-state index in [1.54, 1.807) is 5.57 Å². The Morgan fingerprint density at radius 2 is 2.08 bits per heavy atom. The van der Waals surface area contributed by atoms with Crippen LogP contribution in [0.25, 0.3) is 0 Å². The molecular formula is C23H34N2. The summed E-state index contributed by atoms with van der Waals surface area (Å²) in [5, 5.41) is 3.81. The predicted molar refractivity (Wildman–Crippen MR) is 107 cm³/mol. The number of rotatable bonds is 3. The predicted octanol–water partition coefficient (Wildman–Crippen LogP) is 5.29. The van der Waals surface area contributed by atoms with Crippen molar-refractivity contribution in [3.8, 4) is 0 Å². The van der Waals surface area contributed by atoms with Crippen LogP contribution in [0.2, 0.25) is 0 Å². The molecule has 1 N–H and O–H groups in total. The lowest BCUT2D eigenvalue weighted by Crippen LogP contribution is -2.53. The van der Waals surface area contributed by atoms with E-state index in [1.165, 1.54) is 50.6 Å². The Balaban J connectivity index is 1.64. The van der Waals surface area contributed by atoms with Crippen molar-refractivity contribution in [2.24, 2.45) is 33.6 Å². The van der Waals surface area contributed by atoms with Crippen LogP contribution in [-0.2, 0) is 0 Å². The van der Waals surface area contributed by atoms with Crippen LogP contribution in [0.4, 0.5) is 0 Å². The van der Waals surface area contributed by atoms with E-state index in [0.717, 1.165) is 23.8 Å². The van der Waals surface area contributed by atoms with Gasteiger partial charge in [0.25, 0.3) is 0 Å². The minimum atomic E-state index is 0.326. The fourth-order valence-corrected chi connectivity index (χ4v) is 7.16. The average Bonchev–Trinajstić information content (AvgIpc) is 3.14. The summed E-state index contributed by atoms with van der Waals surface area (Å²) >= 11 is 0. The van der Waals surface area contributed by atoms with Crippen molar-refractivity contribution in [3.05, 3.63) is 35.6 Å². The van der Waals surface area contributed by atoms with Crippen molar-refractivity contribution >= 4 is 6.72 Å². The molecule has 25 heavy (non-hydrogen) atoms. The molecule has 136 valence electrons. The third-order valence-electron chi connectivity index (χ3n) is 8.39. The third-order valence-corrected chi connectivity index (χ3v) is 8.39. The van der Waals surface area contributed by atoms with E-state index in [1.807, 2.05) is 6.20 Å². The van der Waals surface area contributed by atoms with Crippen molar-refractivity contribution in [2.75, 3.05) is 6.54 Å². The van der Waals surface area contributed by atoms with E-state index in [4.69, 9.17) is 0 Å². The molecule has 4 aliphatic rings. The van der Waals surface area contributed by atoms with Gasteiger partial charge in [-0.3, -0.25) is 4.99 Å². The molecular weight excluding hydrogens is 304 g/mol. The van der Waals surface area contributed by atoms with Gasteiger partial charge in [-0.05, 0) is 98.4 Å². The second-order valence-electron chi connectivity index (χ2n) is 9.29. The van der Waals surface area contributed by atoms with Crippen LogP contribution in [0.3, 0.4) is 0 Å². The van der Waals surface area contributed by atoms with E-state index in [-0.39, 0.29) is 0 Å². The summed E-state index contributed by atoms with van der Waals surface area (Å²) in [6, 6.07) is 0.774. The molecule has 1 aliphatic heterocycles. The lowest BCUT2D eigenvalue weighted by atomic mass is 9.48. The first-order valence-corrected chi connectivity index (χ1v) is 10.3. The molecule has 0 amide bonds. The van der Waals surface area contributed by atoms with E-state index < -0.39 is 0 Å². The maximum absolute atomic E-state index is 4.09. The van der Waals surface area contributed by atoms with E-state index in [2.05, 4.69) is 56.0 Å². The summed E-state index contributed by atoms with van der Waals surface area (Å²) in [6.07, 6.45) is 17.0. The molecule has 2 saturated carbocycles. The van der Waals surface area contributed by atoms with Crippen LogP contribution in [0.5, 0.6) is 0 Å². The molecule has 2 nitrogen and oxygen atoms in total. The van der Waals surface area contributed by atoms with Gasteiger partial charge < -0.3 is 5.32 Å². The molecule has 1 saturated heterocycles. The third kappa shape index (κ3) is 2.44. The Labute approximate surface area is 153 Å². The van der Waals surface area contributed by atoms with Crippen molar-refractivity contribution in [1.29, 1.82) is 0 Å². The van der Waals surface area contributed by atoms with E-state index >= 15 is 0 Å². The Kier molecular flexibility index (Phi) is 4.30. The minimum absolute atomic E-state index is 0.326. The normalized spacial score (nSPS) is 46.5. The maximum atomic E-state index is 4.09. The molecule has 0 aromatic heterocycles. The Bertz CT molecular complexity index is 642. The molecule has 3 aliphatic carbocycles. The SMILES string of the molecule is C=NC=C(C=CC)C1=CCC2C3CCC4NCCC4(C)C3CCC12C. The summed E-state index contributed by atoms with van der Waals surface area (Å²) in [7, 11) is 0. The van der Waals surface area contributed by atoms with Gasteiger partial charge in [0.2, 0.25) is 0 Å². The quantitative estimate of drug-likeness (QED) is 0.549. The van der Waals surface area contributed by atoms with Crippen LogP contribution in [-0.4, -0.2) is 19.3 Å². The van der Waals surface area contributed by atoms with Crippen LogP contribution in [0, 0.1) is 28.6 Å². The van der Waals surface area contributed by atoms with Gasteiger partial charge in [0.15, 0.2) is 0 Å². The zero-order chi connectivity index (χ0) is 17.7. The van der Waals surface area contributed by atoms with E-state index in [9.17, 15) is 0 Å². The van der Waals surface area contributed by atoms with Gasteiger partial charge in [0.1, 0.15) is 0 Å². The second kappa shape index (κ2) is 6.23. The molecule has 0 aromatic rings. The smallest absolute Gasteiger partial charge is 0.0335 e. The molecule has 0 aromatic carbocycles. The summed E-state index contributed by atoms with van der Waals surface area (Å²) in [5.41, 5.74) is 3.69. The summed E-state index contributed by atoms with van der Waals surface area (Å²) in [5.74, 6) is 2.63. The molecule has 3 fully saturated rings. The minimum Gasteiger partial charge on any atom is -0.313 e. The number of allylic oxidation sites excluding steroid dienone is 5. The number of aliphatic imine (C=N–C) groups is 1. The topological polar surface area (TPSA) is 24.4 Å². The number of hydrogen-bond donors (Lipinski definition) is 1. The summed E-state index contributed by atoms with van der Waals surface area (Å²) < 4.78 is 0. The van der Waals surface area contributed by atoms with Crippen LogP contribution in [0.1, 0.15) is 59.3 Å². The van der Waals surface area contributed by atoms with Crippen molar-refractivity contribution in [3.63, 3.8) is 0 Å². The molecule has 1 heterocycles.